The maximum atomic E-state index is 12.9. The van der Waals surface area contributed by atoms with Crippen LogP contribution in [0, 0.1) is 5.82 Å². The molecule has 3 aromatic rings. The summed E-state index contributed by atoms with van der Waals surface area (Å²) in [5.74, 6) is -0.495. The van der Waals surface area contributed by atoms with Gasteiger partial charge in [-0.1, -0.05) is 12.1 Å². The number of hydrogen-bond donors (Lipinski definition) is 1. The summed E-state index contributed by atoms with van der Waals surface area (Å²) < 4.78 is 40.9. The zero-order valence-corrected chi connectivity index (χ0v) is 13.4. The Kier molecular flexibility index (Phi) is 3.79. The van der Waals surface area contributed by atoms with Crippen LogP contribution in [0.1, 0.15) is 0 Å². The number of nitrogens with zero attached hydrogens (tertiary/aromatic N) is 2. The van der Waals surface area contributed by atoms with E-state index in [2.05, 4.69) is 30.6 Å². The zero-order chi connectivity index (χ0) is 15.7. The Morgan fingerprint density at radius 1 is 1.09 bits per heavy atom. The Morgan fingerprint density at radius 2 is 1.91 bits per heavy atom. The highest BCUT2D eigenvalue weighted by atomic mass is 79.9. The lowest BCUT2D eigenvalue weighted by atomic mass is 10.2. The van der Waals surface area contributed by atoms with E-state index in [1.165, 1.54) is 18.3 Å². The topological polar surface area (TPSA) is 72.0 Å². The van der Waals surface area contributed by atoms with E-state index in [0.29, 0.717) is 15.2 Å². The van der Waals surface area contributed by atoms with Crippen molar-refractivity contribution in [3.05, 3.63) is 59.2 Å². The summed E-state index contributed by atoms with van der Waals surface area (Å²) in [5, 5.41) is 1.21. The molecule has 0 bridgehead atoms. The SMILES string of the molecule is O=S(=O)(Nc1ccc(F)cn1)c1cccc2cncc(Br)c12. The molecule has 1 N–H and O–H groups in total. The average molecular weight is 382 g/mol. The first kappa shape index (κ1) is 14.9. The molecule has 2 aromatic heterocycles. The van der Waals surface area contributed by atoms with Crippen LogP contribution in [0.2, 0.25) is 0 Å². The minimum Gasteiger partial charge on any atom is -0.263 e. The van der Waals surface area contributed by atoms with Crippen molar-refractivity contribution in [1.82, 2.24) is 9.97 Å². The van der Waals surface area contributed by atoms with Crippen LogP contribution in [-0.4, -0.2) is 18.4 Å². The Morgan fingerprint density at radius 3 is 2.64 bits per heavy atom. The molecule has 0 amide bonds. The lowest BCUT2D eigenvalue weighted by Gasteiger charge is -2.10. The molecule has 1 aromatic carbocycles. The molecule has 3 rings (SSSR count). The Hall–Kier alpha value is -2.06. The molecule has 0 unspecified atom stereocenters. The van der Waals surface area contributed by atoms with E-state index in [-0.39, 0.29) is 10.7 Å². The van der Waals surface area contributed by atoms with Crippen LogP contribution < -0.4 is 4.72 Å². The van der Waals surface area contributed by atoms with Crippen LogP contribution >= 0.6 is 15.9 Å². The van der Waals surface area contributed by atoms with Gasteiger partial charge in [0.1, 0.15) is 11.6 Å². The van der Waals surface area contributed by atoms with E-state index in [1.807, 2.05) is 0 Å². The number of fused-ring (bicyclic) bond motifs is 1. The number of nitrogens with one attached hydrogen (secondary N) is 1. The Balaban J connectivity index is 2.11. The Bertz CT molecular complexity index is 941. The van der Waals surface area contributed by atoms with Crippen molar-refractivity contribution in [3.63, 3.8) is 0 Å². The quantitative estimate of drug-likeness (QED) is 0.754. The molecular formula is C14H9BrFN3O2S. The highest BCUT2D eigenvalue weighted by Gasteiger charge is 2.19. The van der Waals surface area contributed by atoms with E-state index in [1.54, 1.807) is 18.3 Å². The number of benzene rings is 1. The van der Waals surface area contributed by atoms with Gasteiger partial charge in [0.25, 0.3) is 10.0 Å². The predicted molar refractivity (Wildman–Crippen MR) is 84.4 cm³/mol. The molecule has 0 spiro atoms. The monoisotopic (exact) mass is 381 g/mol. The molecule has 0 saturated carbocycles. The molecule has 2 heterocycles. The summed E-state index contributed by atoms with van der Waals surface area (Å²) in [6.07, 6.45) is 4.05. The van der Waals surface area contributed by atoms with Gasteiger partial charge in [-0.3, -0.25) is 9.71 Å². The van der Waals surface area contributed by atoms with Gasteiger partial charge in [-0.25, -0.2) is 17.8 Å². The maximum Gasteiger partial charge on any atom is 0.263 e. The number of rotatable bonds is 3. The molecule has 8 heteroatoms. The van der Waals surface area contributed by atoms with Crippen LogP contribution in [0.15, 0.2) is 58.3 Å². The number of hydrogen-bond acceptors (Lipinski definition) is 4. The molecule has 0 aliphatic carbocycles. The predicted octanol–water partition coefficient (Wildman–Crippen LogP) is 3.33. The van der Waals surface area contributed by atoms with Crippen molar-refractivity contribution in [1.29, 1.82) is 0 Å². The van der Waals surface area contributed by atoms with E-state index < -0.39 is 15.8 Å². The minimum atomic E-state index is -3.87. The van der Waals surface area contributed by atoms with Crippen LogP contribution in [0.4, 0.5) is 10.2 Å². The number of sulfonamides is 1. The van der Waals surface area contributed by atoms with Crippen molar-refractivity contribution in [2.45, 2.75) is 4.90 Å². The molecule has 112 valence electrons. The zero-order valence-electron chi connectivity index (χ0n) is 11.0. The molecule has 0 atom stereocenters. The number of pyridine rings is 2. The fraction of sp³-hybridized carbons (Fsp3) is 0. The van der Waals surface area contributed by atoms with Gasteiger partial charge in [0.2, 0.25) is 0 Å². The van der Waals surface area contributed by atoms with Crippen LogP contribution in [-0.2, 0) is 10.0 Å². The van der Waals surface area contributed by atoms with E-state index in [9.17, 15) is 12.8 Å². The van der Waals surface area contributed by atoms with Gasteiger partial charge in [0, 0.05) is 27.6 Å². The molecule has 0 radical (unpaired) electrons. The summed E-state index contributed by atoms with van der Waals surface area (Å²) in [5.41, 5.74) is 0. The second-order valence-corrected chi connectivity index (χ2v) is 6.95. The number of aromatic nitrogens is 2. The van der Waals surface area contributed by atoms with E-state index >= 15 is 0 Å². The van der Waals surface area contributed by atoms with Crippen molar-refractivity contribution >= 4 is 42.5 Å². The molecule has 0 aliphatic heterocycles. The van der Waals surface area contributed by atoms with Gasteiger partial charge >= 0.3 is 0 Å². The number of halogens is 2. The normalized spacial score (nSPS) is 11.5. The number of anilines is 1. The minimum absolute atomic E-state index is 0.0450. The fourth-order valence-electron chi connectivity index (χ4n) is 2.01. The molecule has 22 heavy (non-hydrogen) atoms. The lowest BCUT2D eigenvalue weighted by Crippen LogP contribution is -2.14. The summed E-state index contributed by atoms with van der Waals surface area (Å²) in [4.78, 5) is 7.80. The van der Waals surface area contributed by atoms with Crippen molar-refractivity contribution in [2.24, 2.45) is 0 Å². The summed E-state index contributed by atoms with van der Waals surface area (Å²) in [6, 6.07) is 7.27. The molecule has 5 nitrogen and oxygen atoms in total. The van der Waals surface area contributed by atoms with Crippen LogP contribution in [0.5, 0.6) is 0 Å². The van der Waals surface area contributed by atoms with Crippen LogP contribution in [0.3, 0.4) is 0 Å². The van der Waals surface area contributed by atoms with Crippen LogP contribution in [0.25, 0.3) is 10.8 Å². The highest BCUT2D eigenvalue weighted by Crippen LogP contribution is 2.30. The average Bonchev–Trinajstić information content (AvgIpc) is 2.49. The first-order chi connectivity index (χ1) is 10.5. The molecule has 0 saturated heterocycles. The van der Waals surface area contributed by atoms with Gasteiger partial charge in [-0.05, 0) is 34.1 Å². The first-order valence-electron chi connectivity index (χ1n) is 6.14. The third-order valence-corrected chi connectivity index (χ3v) is 4.95. The summed E-state index contributed by atoms with van der Waals surface area (Å²) in [6.45, 7) is 0. The molecule has 0 aliphatic rings. The standard InChI is InChI=1S/C14H9BrFN3O2S/c15-11-8-17-6-9-2-1-3-12(14(9)11)22(20,21)19-13-5-4-10(16)7-18-13/h1-8H,(H,18,19). The Labute approximate surface area is 134 Å². The van der Waals surface area contributed by atoms with Crippen molar-refractivity contribution < 1.29 is 12.8 Å². The molecule has 0 fully saturated rings. The van der Waals surface area contributed by atoms with Gasteiger partial charge < -0.3 is 0 Å². The lowest BCUT2D eigenvalue weighted by molar-refractivity contribution is 0.601. The maximum absolute atomic E-state index is 12.9. The fourth-order valence-corrected chi connectivity index (χ4v) is 3.96. The van der Waals surface area contributed by atoms with Gasteiger partial charge in [-0.15, -0.1) is 0 Å². The molecular weight excluding hydrogens is 373 g/mol. The van der Waals surface area contributed by atoms with Gasteiger partial charge in [0.05, 0.1) is 11.1 Å². The largest absolute Gasteiger partial charge is 0.263 e. The third kappa shape index (κ3) is 2.79. The van der Waals surface area contributed by atoms with Gasteiger partial charge in [0.15, 0.2) is 0 Å². The third-order valence-electron chi connectivity index (χ3n) is 2.95. The highest BCUT2D eigenvalue weighted by molar-refractivity contribution is 9.10. The summed E-state index contributed by atoms with van der Waals surface area (Å²) in [7, 11) is -3.87. The second kappa shape index (κ2) is 5.62. The first-order valence-corrected chi connectivity index (χ1v) is 8.41. The van der Waals surface area contributed by atoms with Crippen molar-refractivity contribution in [2.75, 3.05) is 4.72 Å². The smallest absolute Gasteiger partial charge is 0.263 e. The summed E-state index contributed by atoms with van der Waals surface area (Å²) >= 11 is 3.32. The second-order valence-electron chi connectivity index (χ2n) is 4.44. The van der Waals surface area contributed by atoms with Gasteiger partial charge in [-0.2, -0.15) is 0 Å². The van der Waals surface area contributed by atoms with E-state index in [4.69, 9.17) is 0 Å². The van der Waals surface area contributed by atoms with Crippen molar-refractivity contribution in [3.8, 4) is 0 Å². The van der Waals surface area contributed by atoms with E-state index in [0.717, 1.165) is 12.3 Å².